The Morgan fingerprint density at radius 2 is 1.75 bits per heavy atom. The number of hydrogen-bond acceptors (Lipinski definition) is 1. The molecule has 0 N–H and O–H groups in total. The van der Waals surface area contributed by atoms with E-state index in [1.54, 1.807) is 0 Å². The van der Waals surface area contributed by atoms with Crippen LogP contribution >= 0.6 is 15.9 Å². The fourth-order valence-corrected chi connectivity index (χ4v) is 3.81. The third-order valence-electron chi connectivity index (χ3n) is 2.78. The first-order valence-corrected chi connectivity index (χ1v) is 6.98. The van der Waals surface area contributed by atoms with Crippen molar-refractivity contribution in [2.75, 3.05) is 0 Å². The highest BCUT2D eigenvalue weighted by atomic mass is 79.9. The van der Waals surface area contributed by atoms with E-state index in [0.717, 1.165) is 26.2 Å². The average Bonchev–Trinajstić information content (AvgIpc) is 2.29. The van der Waals surface area contributed by atoms with E-state index in [0.29, 0.717) is 0 Å². The van der Waals surface area contributed by atoms with Crippen LogP contribution in [0.1, 0.15) is 11.1 Å². The van der Waals surface area contributed by atoms with Crippen molar-refractivity contribution in [1.82, 2.24) is 0 Å². The SMILES string of the molecule is O=[S@@]1c2ccccc2Cc2cc(Br)ccc21. The van der Waals surface area contributed by atoms with Gasteiger partial charge in [0.2, 0.25) is 0 Å². The molecule has 2 aromatic carbocycles. The summed E-state index contributed by atoms with van der Waals surface area (Å²) in [7, 11) is -1.02. The van der Waals surface area contributed by atoms with Crippen molar-refractivity contribution < 1.29 is 4.21 Å². The highest BCUT2D eigenvalue weighted by Gasteiger charge is 2.21. The molecule has 3 heteroatoms. The Kier molecular flexibility index (Phi) is 2.45. The molecule has 0 saturated heterocycles. The van der Waals surface area contributed by atoms with E-state index in [2.05, 4.69) is 28.1 Å². The van der Waals surface area contributed by atoms with Crippen LogP contribution in [-0.4, -0.2) is 4.21 Å². The molecule has 0 saturated carbocycles. The van der Waals surface area contributed by atoms with Crippen LogP contribution in [0.3, 0.4) is 0 Å². The van der Waals surface area contributed by atoms with Crippen molar-refractivity contribution in [3.63, 3.8) is 0 Å². The monoisotopic (exact) mass is 292 g/mol. The summed E-state index contributed by atoms with van der Waals surface area (Å²) in [6.45, 7) is 0. The van der Waals surface area contributed by atoms with E-state index in [1.165, 1.54) is 5.56 Å². The Labute approximate surface area is 105 Å². The Morgan fingerprint density at radius 3 is 2.62 bits per heavy atom. The van der Waals surface area contributed by atoms with E-state index in [9.17, 15) is 4.21 Å². The second-order valence-electron chi connectivity index (χ2n) is 3.81. The number of fused-ring (bicyclic) bond motifs is 2. The molecule has 1 nitrogen and oxygen atoms in total. The summed E-state index contributed by atoms with van der Waals surface area (Å²) in [5.74, 6) is 0. The molecular formula is C13H9BrOS. The van der Waals surface area contributed by atoms with Gasteiger partial charge in [0.15, 0.2) is 0 Å². The van der Waals surface area contributed by atoms with Gasteiger partial charge in [0.05, 0.1) is 10.8 Å². The van der Waals surface area contributed by atoms with E-state index in [1.807, 2.05) is 30.3 Å². The van der Waals surface area contributed by atoms with Gasteiger partial charge >= 0.3 is 0 Å². The van der Waals surface area contributed by atoms with Gasteiger partial charge in [-0.25, -0.2) is 4.21 Å². The van der Waals surface area contributed by atoms with Crippen molar-refractivity contribution in [2.24, 2.45) is 0 Å². The summed E-state index contributed by atoms with van der Waals surface area (Å²) in [4.78, 5) is 1.90. The Hall–Kier alpha value is -0.930. The second-order valence-corrected chi connectivity index (χ2v) is 6.14. The minimum atomic E-state index is -1.02. The third kappa shape index (κ3) is 1.55. The summed E-state index contributed by atoms with van der Waals surface area (Å²) >= 11 is 3.45. The van der Waals surface area contributed by atoms with Crippen LogP contribution in [-0.2, 0) is 17.2 Å². The summed E-state index contributed by atoms with van der Waals surface area (Å²) in [5, 5.41) is 0. The molecule has 0 aromatic heterocycles. The van der Waals surface area contributed by atoms with Crippen molar-refractivity contribution in [1.29, 1.82) is 0 Å². The third-order valence-corrected chi connectivity index (χ3v) is 4.86. The van der Waals surface area contributed by atoms with Crippen LogP contribution in [0.15, 0.2) is 56.7 Å². The smallest absolute Gasteiger partial charge is 0.0855 e. The average molecular weight is 293 g/mol. The summed E-state index contributed by atoms with van der Waals surface area (Å²) < 4.78 is 13.4. The van der Waals surface area contributed by atoms with Gasteiger partial charge in [0.1, 0.15) is 0 Å². The van der Waals surface area contributed by atoms with Gasteiger partial charge < -0.3 is 0 Å². The highest BCUT2D eigenvalue weighted by Crippen LogP contribution is 2.32. The van der Waals surface area contributed by atoms with Crippen molar-refractivity contribution in [2.45, 2.75) is 16.2 Å². The molecule has 16 heavy (non-hydrogen) atoms. The molecule has 0 radical (unpaired) electrons. The summed E-state index contributed by atoms with van der Waals surface area (Å²) in [5.41, 5.74) is 2.33. The largest absolute Gasteiger partial charge is 0.249 e. The molecule has 0 bridgehead atoms. The molecule has 0 aliphatic carbocycles. The fraction of sp³-hybridized carbons (Fsp3) is 0.0769. The molecule has 0 amide bonds. The van der Waals surface area contributed by atoms with E-state index in [-0.39, 0.29) is 0 Å². The lowest BCUT2D eigenvalue weighted by Crippen LogP contribution is -2.08. The van der Waals surface area contributed by atoms with Crippen LogP contribution in [0.2, 0.25) is 0 Å². The zero-order valence-corrected chi connectivity index (χ0v) is 10.8. The zero-order valence-electron chi connectivity index (χ0n) is 8.44. The van der Waals surface area contributed by atoms with Gasteiger partial charge in [0, 0.05) is 14.3 Å². The quantitative estimate of drug-likeness (QED) is 0.620. The first-order chi connectivity index (χ1) is 7.75. The maximum Gasteiger partial charge on any atom is 0.0855 e. The molecule has 80 valence electrons. The molecule has 1 aliphatic heterocycles. The van der Waals surface area contributed by atoms with Gasteiger partial charge in [-0.15, -0.1) is 0 Å². The standard InChI is InChI=1S/C13H9BrOS/c14-11-5-6-13-10(8-11)7-9-3-1-2-4-12(9)16(13)15/h1-6,8H,7H2/t16-/m1/s1. The summed E-state index contributed by atoms with van der Waals surface area (Å²) in [6, 6.07) is 13.9. The Bertz CT molecular complexity index is 592. The first-order valence-electron chi connectivity index (χ1n) is 5.04. The minimum absolute atomic E-state index is 0.872. The van der Waals surface area contributed by atoms with Crippen LogP contribution in [0.25, 0.3) is 0 Å². The highest BCUT2D eigenvalue weighted by molar-refractivity contribution is 9.10. The lowest BCUT2D eigenvalue weighted by atomic mass is 10.0. The van der Waals surface area contributed by atoms with Crippen LogP contribution in [0.4, 0.5) is 0 Å². The van der Waals surface area contributed by atoms with E-state index < -0.39 is 10.8 Å². The van der Waals surface area contributed by atoms with Crippen LogP contribution in [0.5, 0.6) is 0 Å². The van der Waals surface area contributed by atoms with Gasteiger partial charge in [-0.3, -0.25) is 0 Å². The van der Waals surface area contributed by atoms with Gasteiger partial charge in [-0.05, 0) is 41.8 Å². The van der Waals surface area contributed by atoms with Gasteiger partial charge in [-0.1, -0.05) is 34.1 Å². The lowest BCUT2D eigenvalue weighted by molar-refractivity contribution is 0.679. The lowest BCUT2D eigenvalue weighted by Gasteiger charge is -2.18. The predicted octanol–water partition coefficient (Wildman–Crippen LogP) is 3.52. The van der Waals surface area contributed by atoms with E-state index >= 15 is 0 Å². The Balaban J connectivity index is 2.22. The number of hydrogen-bond donors (Lipinski definition) is 0. The van der Waals surface area contributed by atoms with Crippen molar-refractivity contribution in [3.05, 3.63) is 58.1 Å². The molecule has 1 heterocycles. The minimum Gasteiger partial charge on any atom is -0.249 e. The van der Waals surface area contributed by atoms with Crippen molar-refractivity contribution >= 4 is 26.7 Å². The fourth-order valence-electron chi connectivity index (χ4n) is 2.02. The van der Waals surface area contributed by atoms with Crippen LogP contribution in [0, 0.1) is 0 Å². The molecule has 1 aliphatic rings. The number of halogens is 1. The van der Waals surface area contributed by atoms with Crippen molar-refractivity contribution in [3.8, 4) is 0 Å². The molecule has 2 aromatic rings. The van der Waals surface area contributed by atoms with Gasteiger partial charge in [0.25, 0.3) is 0 Å². The normalized spacial score (nSPS) is 17.7. The molecular weight excluding hydrogens is 284 g/mol. The molecule has 0 spiro atoms. The zero-order chi connectivity index (χ0) is 11.1. The summed E-state index contributed by atoms with van der Waals surface area (Å²) in [6.07, 6.45) is 0.872. The molecule has 1 atom stereocenters. The molecule has 0 fully saturated rings. The molecule has 0 unspecified atom stereocenters. The molecule has 3 rings (SSSR count). The number of benzene rings is 2. The maximum atomic E-state index is 12.3. The number of rotatable bonds is 0. The maximum absolute atomic E-state index is 12.3. The van der Waals surface area contributed by atoms with Gasteiger partial charge in [-0.2, -0.15) is 0 Å². The Morgan fingerprint density at radius 1 is 1.00 bits per heavy atom. The predicted molar refractivity (Wildman–Crippen MR) is 68.1 cm³/mol. The van der Waals surface area contributed by atoms with E-state index in [4.69, 9.17) is 0 Å². The second kappa shape index (κ2) is 3.82. The topological polar surface area (TPSA) is 17.1 Å². The van der Waals surface area contributed by atoms with Crippen LogP contribution < -0.4 is 0 Å². The first kappa shape index (κ1) is 10.2.